The molecule has 1 aliphatic rings. The maximum absolute atomic E-state index is 6.86. The molecule has 0 saturated heterocycles. The van der Waals surface area contributed by atoms with E-state index in [4.69, 9.17) is 5.73 Å². The first-order valence-corrected chi connectivity index (χ1v) is 29.6. The van der Waals surface area contributed by atoms with Crippen LogP contribution in [0.2, 0.25) is 0 Å². The number of unbranched alkanes of at least 4 members (excludes halogenated alkanes) is 2. The molecule has 0 amide bonds. The molecule has 2 nitrogen and oxygen atoms in total. The van der Waals surface area contributed by atoms with Gasteiger partial charge in [0.05, 0.1) is 0 Å². The Balaban J connectivity index is 0.000000500. The molecule has 1 aliphatic heterocycles. The summed E-state index contributed by atoms with van der Waals surface area (Å²) in [6.45, 7) is 38.7. The van der Waals surface area contributed by atoms with Crippen LogP contribution < -0.4 is 10.6 Å². The molecule has 6 rings (SSSR count). The third kappa shape index (κ3) is 17.5. The normalized spacial score (nSPS) is 14.9. The summed E-state index contributed by atoms with van der Waals surface area (Å²) in [6.07, 6.45) is 23.3. The molecule has 0 fully saturated rings. The Kier molecular flexibility index (Phi) is 23.3. The van der Waals surface area contributed by atoms with Crippen LogP contribution in [0.4, 0.5) is 5.69 Å². The number of anilines is 1. The molecule has 5 aromatic rings. The lowest BCUT2D eigenvalue weighted by Gasteiger charge is -2.35. The first-order chi connectivity index (χ1) is 35.3. The SMILES string of the molecule is C=C(Cc1ccc(C)cc1)c1ccc(C)cc1.CCCCC(CC)CN(CC(CC)CCCC)c1cc(C(C)(C)C)ccc1-c1ccc(/C=C/C=C(\N)c2ccc(C3CC=C(C(C)(C)C)S3)c(C)c2CCC)cc1. The van der Waals surface area contributed by atoms with Crippen LogP contribution >= 0.6 is 11.8 Å². The van der Waals surface area contributed by atoms with Crippen LogP contribution in [0.15, 0.2) is 133 Å². The number of rotatable bonds is 23. The number of nitrogens with zero attached hydrogens (tertiary/aromatic N) is 1. The smallest absolute Gasteiger partial charge is 0.0449 e. The van der Waals surface area contributed by atoms with Crippen molar-refractivity contribution >= 4 is 34.8 Å². The molecule has 0 bridgehead atoms. The molecule has 74 heavy (non-hydrogen) atoms. The molecule has 398 valence electrons. The molecule has 3 unspecified atom stereocenters. The number of thioether (sulfide) groups is 1. The van der Waals surface area contributed by atoms with Crippen molar-refractivity contribution in [2.24, 2.45) is 23.0 Å². The molecule has 0 radical (unpaired) electrons. The molecule has 5 aromatic carbocycles. The minimum absolute atomic E-state index is 0.0857. The van der Waals surface area contributed by atoms with E-state index < -0.39 is 0 Å². The van der Waals surface area contributed by atoms with Crippen LogP contribution in [0.5, 0.6) is 0 Å². The molecule has 0 saturated carbocycles. The largest absolute Gasteiger partial charge is 0.398 e. The maximum Gasteiger partial charge on any atom is 0.0449 e. The lowest BCUT2D eigenvalue weighted by Crippen LogP contribution is -2.34. The summed E-state index contributed by atoms with van der Waals surface area (Å²) < 4.78 is 0. The number of allylic oxidation sites excluding steroid dienone is 5. The maximum atomic E-state index is 6.86. The number of hydrogen-bond acceptors (Lipinski definition) is 3. The average Bonchev–Trinajstić information content (AvgIpc) is 3.89. The van der Waals surface area contributed by atoms with E-state index >= 15 is 0 Å². The second-order valence-corrected chi connectivity index (χ2v) is 24.9. The fraction of sp³-hybridized carbons (Fsp3) is 0.465. The summed E-state index contributed by atoms with van der Waals surface area (Å²) >= 11 is 2.05. The van der Waals surface area contributed by atoms with Crippen molar-refractivity contribution < 1.29 is 0 Å². The van der Waals surface area contributed by atoms with Crippen LogP contribution in [0.3, 0.4) is 0 Å². The molecular weight excluding hydrogens is 913 g/mol. The average molecular weight is 1010 g/mol. The number of nitrogens with two attached hydrogens (primary N) is 1. The van der Waals surface area contributed by atoms with E-state index in [1.165, 1.54) is 134 Å². The van der Waals surface area contributed by atoms with Crippen LogP contribution in [0, 0.1) is 38.0 Å². The number of hydrogen-bond donors (Lipinski definition) is 1. The van der Waals surface area contributed by atoms with E-state index in [9.17, 15) is 0 Å². The zero-order valence-corrected chi connectivity index (χ0v) is 49.7. The molecule has 2 N–H and O–H groups in total. The van der Waals surface area contributed by atoms with Crippen LogP contribution in [-0.2, 0) is 18.3 Å². The highest BCUT2D eigenvalue weighted by atomic mass is 32.2. The van der Waals surface area contributed by atoms with Crippen molar-refractivity contribution in [2.75, 3.05) is 18.0 Å². The van der Waals surface area contributed by atoms with Crippen molar-refractivity contribution in [3.8, 4) is 11.1 Å². The fourth-order valence-electron chi connectivity index (χ4n) is 10.3. The molecule has 0 aliphatic carbocycles. The molecule has 0 aromatic heterocycles. The Hall–Kier alpha value is -4.99. The van der Waals surface area contributed by atoms with Gasteiger partial charge in [0.2, 0.25) is 0 Å². The predicted octanol–water partition coefficient (Wildman–Crippen LogP) is 20.8. The molecule has 3 heteroatoms. The first kappa shape index (κ1) is 59.9. The first-order valence-electron chi connectivity index (χ1n) is 28.7. The molecule has 3 atom stereocenters. The van der Waals surface area contributed by atoms with Gasteiger partial charge in [0.15, 0.2) is 0 Å². The van der Waals surface area contributed by atoms with Crippen molar-refractivity contribution in [3.05, 3.63) is 188 Å². The highest BCUT2D eigenvalue weighted by Crippen LogP contribution is 2.51. The van der Waals surface area contributed by atoms with E-state index in [0.29, 0.717) is 17.1 Å². The number of benzene rings is 5. The third-order valence-electron chi connectivity index (χ3n) is 15.4. The molecule has 1 heterocycles. The van der Waals surface area contributed by atoms with Crippen molar-refractivity contribution in [1.82, 2.24) is 0 Å². The van der Waals surface area contributed by atoms with Crippen molar-refractivity contribution in [3.63, 3.8) is 0 Å². The van der Waals surface area contributed by atoms with Crippen LogP contribution in [0.25, 0.3) is 28.5 Å². The third-order valence-corrected chi connectivity index (χ3v) is 17.1. The van der Waals surface area contributed by atoms with Gasteiger partial charge in [-0.05, 0) is 143 Å². The van der Waals surface area contributed by atoms with Gasteiger partial charge in [-0.25, -0.2) is 0 Å². The van der Waals surface area contributed by atoms with E-state index in [2.05, 4.69) is 248 Å². The summed E-state index contributed by atoms with van der Waals surface area (Å²) in [5, 5.41) is 0.491. The molecular formula is C71H98N2S. The summed E-state index contributed by atoms with van der Waals surface area (Å²) in [5.74, 6) is 1.41. The van der Waals surface area contributed by atoms with E-state index in [0.717, 1.165) is 44.5 Å². The van der Waals surface area contributed by atoms with Gasteiger partial charge in [-0.15, -0.1) is 11.8 Å². The molecule has 0 spiro atoms. The Morgan fingerprint density at radius 1 is 0.716 bits per heavy atom. The summed E-state index contributed by atoms with van der Waals surface area (Å²) in [5.41, 5.74) is 26.4. The predicted molar refractivity (Wildman–Crippen MR) is 333 cm³/mol. The van der Waals surface area contributed by atoms with Gasteiger partial charge in [-0.3, -0.25) is 0 Å². The van der Waals surface area contributed by atoms with Crippen LogP contribution in [-0.4, -0.2) is 13.1 Å². The monoisotopic (exact) mass is 1010 g/mol. The summed E-state index contributed by atoms with van der Waals surface area (Å²) in [7, 11) is 0. The quantitative estimate of drug-likeness (QED) is 0.0661. The Labute approximate surface area is 457 Å². The van der Waals surface area contributed by atoms with Gasteiger partial charge >= 0.3 is 0 Å². The fourth-order valence-corrected chi connectivity index (χ4v) is 11.7. The minimum atomic E-state index is 0.0857. The minimum Gasteiger partial charge on any atom is -0.398 e. The van der Waals surface area contributed by atoms with Crippen LogP contribution in [0.1, 0.15) is 201 Å². The Bertz CT molecular complexity index is 2590. The van der Waals surface area contributed by atoms with Gasteiger partial charge in [0, 0.05) is 40.9 Å². The summed E-state index contributed by atoms with van der Waals surface area (Å²) in [6, 6.07) is 38.3. The Morgan fingerprint density at radius 2 is 1.31 bits per heavy atom. The highest BCUT2D eigenvalue weighted by molar-refractivity contribution is 8.03. The second kappa shape index (κ2) is 28.8. The van der Waals surface area contributed by atoms with E-state index in [-0.39, 0.29) is 10.8 Å². The lowest BCUT2D eigenvalue weighted by molar-refractivity contribution is 0.403. The standard InChI is InChI=1S/C54H80N2S.C17H18/c1-13-18-22-40(16-4)37-56(38-41(17-5)23-19-14-2)50-36-44(53(7,8)9)30-31-47(50)43-28-26-42(27-29-43)24-20-25-49(55)48-33-32-46(39(6)45(48)21-15-3)51-34-35-52(57-51)54(10,11)12;1-13-4-8-16(9-5-13)12-15(3)17-10-6-14(2)7-11-17/h20,24-33,35-36,40-41,51H,13-19,21-23,34,37-38,55H2,1-12H3;4-11H,3,12H2,1-2H3/b24-20+,49-25-;. The van der Waals surface area contributed by atoms with Gasteiger partial charge in [0.25, 0.3) is 0 Å². The lowest BCUT2D eigenvalue weighted by atomic mass is 9.85. The van der Waals surface area contributed by atoms with Gasteiger partial charge in [-0.1, -0.05) is 254 Å². The van der Waals surface area contributed by atoms with Crippen molar-refractivity contribution in [2.45, 2.75) is 185 Å². The van der Waals surface area contributed by atoms with Crippen molar-refractivity contribution in [1.29, 1.82) is 0 Å². The van der Waals surface area contributed by atoms with Gasteiger partial charge in [-0.2, -0.15) is 0 Å². The zero-order valence-electron chi connectivity index (χ0n) is 48.9. The highest BCUT2D eigenvalue weighted by Gasteiger charge is 2.29. The second-order valence-electron chi connectivity index (χ2n) is 23.7. The zero-order chi connectivity index (χ0) is 54.0. The topological polar surface area (TPSA) is 29.3 Å². The Morgan fingerprint density at radius 3 is 1.84 bits per heavy atom. The van der Waals surface area contributed by atoms with E-state index in [1.54, 1.807) is 0 Å². The van der Waals surface area contributed by atoms with Gasteiger partial charge in [0.1, 0.15) is 0 Å². The summed E-state index contributed by atoms with van der Waals surface area (Å²) in [4.78, 5) is 4.31. The van der Waals surface area contributed by atoms with E-state index in [1.807, 2.05) is 0 Å². The number of aryl methyl sites for hydroxylation is 2. The van der Waals surface area contributed by atoms with Gasteiger partial charge < -0.3 is 10.6 Å².